The van der Waals surface area contributed by atoms with Gasteiger partial charge in [0.05, 0.1) is 5.69 Å². The van der Waals surface area contributed by atoms with Crippen molar-refractivity contribution in [2.24, 2.45) is 10.9 Å². The van der Waals surface area contributed by atoms with E-state index in [1.165, 1.54) is 37.2 Å². The van der Waals surface area contributed by atoms with Crippen LogP contribution in [0.25, 0.3) is 0 Å². The molecule has 2 bridgehead atoms. The van der Waals surface area contributed by atoms with Crippen LogP contribution >= 0.6 is 0 Å². The second-order valence-electron chi connectivity index (χ2n) is 4.99. The van der Waals surface area contributed by atoms with Gasteiger partial charge in [-0.15, -0.1) is 0 Å². The van der Waals surface area contributed by atoms with Crippen molar-refractivity contribution in [2.45, 2.75) is 19.8 Å². The summed E-state index contributed by atoms with van der Waals surface area (Å²) in [5, 5.41) is 0. The smallest absolute Gasteiger partial charge is 0.0629 e. The minimum Gasteiger partial charge on any atom is -0.298 e. The monoisotopic (exact) mass is 214 g/mol. The van der Waals surface area contributed by atoms with E-state index in [4.69, 9.17) is 4.99 Å². The van der Waals surface area contributed by atoms with E-state index in [1.54, 1.807) is 0 Å². The van der Waals surface area contributed by atoms with Crippen molar-refractivity contribution in [3.63, 3.8) is 0 Å². The van der Waals surface area contributed by atoms with Crippen molar-refractivity contribution in [3.8, 4) is 0 Å². The molecule has 0 radical (unpaired) electrons. The number of hydrogen-bond donors (Lipinski definition) is 0. The lowest BCUT2D eigenvalue weighted by molar-refractivity contribution is 0.200. The number of hydrogen-bond acceptors (Lipinski definition) is 2. The summed E-state index contributed by atoms with van der Waals surface area (Å²) >= 11 is 0. The quantitative estimate of drug-likeness (QED) is 0.702. The maximum atomic E-state index is 4.82. The van der Waals surface area contributed by atoms with E-state index in [2.05, 4.69) is 36.1 Å². The Hall–Kier alpha value is -1.15. The Morgan fingerprint density at radius 2 is 1.81 bits per heavy atom. The molecule has 3 aliphatic rings. The highest BCUT2D eigenvalue weighted by molar-refractivity contribution is 5.92. The lowest BCUT2D eigenvalue weighted by atomic mass is 9.86. The van der Waals surface area contributed by atoms with Crippen LogP contribution in [0.2, 0.25) is 0 Å². The third-order valence-electron chi connectivity index (χ3n) is 3.75. The highest BCUT2D eigenvalue weighted by Crippen LogP contribution is 2.27. The van der Waals surface area contributed by atoms with Gasteiger partial charge in [0.2, 0.25) is 0 Å². The molecular weight excluding hydrogens is 196 g/mol. The van der Waals surface area contributed by atoms with Gasteiger partial charge in [-0.25, -0.2) is 0 Å². The molecule has 3 heterocycles. The Kier molecular flexibility index (Phi) is 2.52. The molecule has 3 fully saturated rings. The summed E-state index contributed by atoms with van der Waals surface area (Å²) in [6, 6.07) is 8.53. The van der Waals surface area contributed by atoms with E-state index in [0.717, 1.165) is 18.2 Å². The van der Waals surface area contributed by atoms with E-state index in [0.29, 0.717) is 0 Å². The maximum absolute atomic E-state index is 4.82. The largest absolute Gasteiger partial charge is 0.298 e. The Labute approximate surface area is 97.0 Å². The summed E-state index contributed by atoms with van der Waals surface area (Å²) in [7, 11) is 0. The Morgan fingerprint density at radius 3 is 2.38 bits per heavy atom. The third kappa shape index (κ3) is 1.90. The molecule has 0 aromatic heterocycles. The number of rotatable bonds is 1. The molecule has 0 saturated carbocycles. The number of aliphatic imine (C=N–C) groups is 1. The average Bonchev–Trinajstić information content (AvgIpc) is 2.34. The summed E-state index contributed by atoms with van der Waals surface area (Å²) in [5.74, 6) is 0.756. The molecule has 2 heteroatoms. The third-order valence-corrected chi connectivity index (χ3v) is 3.75. The lowest BCUT2D eigenvalue weighted by Gasteiger charge is -2.39. The zero-order valence-electron chi connectivity index (χ0n) is 9.82. The molecule has 3 saturated heterocycles. The van der Waals surface area contributed by atoms with Crippen molar-refractivity contribution in [3.05, 3.63) is 29.8 Å². The number of nitrogens with zero attached hydrogens (tertiary/aromatic N) is 2. The molecule has 16 heavy (non-hydrogen) atoms. The maximum Gasteiger partial charge on any atom is 0.0629 e. The Morgan fingerprint density at radius 1 is 1.12 bits per heavy atom. The minimum absolute atomic E-state index is 0.756. The number of benzene rings is 1. The van der Waals surface area contributed by atoms with E-state index in [-0.39, 0.29) is 0 Å². The molecule has 1 aromatic carbocycles. The van der Waals surface area contributed by atoms with Gasteiger partial charge < -0.3 is 0 Å². The van der Waals surface area contributed by atoms with Gasteiger partial charge in [-0.3, -0.25) is 9.89 Å². The molecule has 2 nitrogen and oxygen atoms in total. The molecule has 1 aromatic rings. The van der Waals surface area contributed by atoms with Gasteiger partial charge in [0.25, 0.3) is 0 Å². The number of piperidine rings is 3. The van der Waals surface area contributed by atoms with E-state index < -0.39 is 0 Å². The van der Waals surface area contributed by atoms with Gasteiger partial charge in [-0.1, -0.05) is 17.7 Å². The molecule has 0 unspecified atom stereocenters. The molecule has 0 aliphatic carbocycles. The zero-order valence-corrected chi connectivity index (χ0v) is 9.82. The van der Waals surface area contributed by atoms with Gasteiger partial charge in [0, 0.05) is 18.2 Å². The highest BCUT2D eigenvalue weighted by atomic mass is 15.2. The van der Waals surface area contributed by atoms with Crippen LogP contribution in [0.3, 0.4) is 0 Å². The summed E-state index contributed by atoms with van der Waals surface area (Å²) in [4.78, 5) is 7.34. The lowest BCUT2D eigenvalue weighted by Crippen LogP contribution is -2.47. The topological polar surface area (TPSA) is 15.6 Å². The second-order valence-corrected chi connectivity index (χ2v) is 4.99. The van der Waals surface area contributed by atoms with Crippen molar-refractivity contribution in [2.75, 3.05) is 19.6 Å². The SMILES string of the molecule is Cc1ccc(N=C2CN3CCC2CC3)cc1. The summed E-state index contributed by atoms with van der Waals surface area (Å²) in [6.07, 6.45) is 2.62. The average molecular weight is 214 g/mol. The fraction of sp³-hybridized carbons (Fsp3) is 0.500. The second kappa shape index (κ2) is 4.02. The van der Waals surface area contributed by atoms with Crippen LogP contribution in [-0.4, -0.2) is 30.2 Å². The van der Waals surface area contributed by atoms with Gasteiger partial charge in [-0.05, 0) is 45.0 Å². The first-order chi connectivity index (χ1) is 7.81. The van der Waals surface area contributed by atoms with E-state index >= 15 is 0 Å². The molecule has 4 rings (SSSR count). The van der Waals surface area contributed by atoms with E-state index in [1.807, 2.05) is 0 Å². The molecule has 3 aliphatic heterocycles. The van der Waals surface area contributed by atoms with Crippen LogP contribution in [0, 0.1) is 12.8 Å². The van der Waals surface area contributed by atoms with E-state index in [9.17, 15) is 0 Å². The fourth-order valence-corrected chi connectivity index (χ4v) is 2.69. The van der Waals surface area contributed by atoms with Crippen molar-refractivity contribution in [1.29, 1.82) is 0 Å². The Bertz CT molecular complexity index is 397. The van der Waals surface area contributed by atoms with Gasteiger partial charge in [0.1, 0.15) is 0 Å². The molecule has 84 valence electrons. The normalized spacial score (nSPS) is 30.9. The first-order valence-corrected chi connectivity index (χ1v) is 6.18. The predicted molar refractivity (Wildman–Crippen MR) is 67.4 cm³/mol. The predicted octanol–water partition coefficient (Wildman–Crippen LogP) is 2.79. The molecular formula is C14H18N2. The molecule has 0 N–H and O–H groups in total. The van der Waals surface area contributed by atoms with Crippen molar-refractivity contribution < 1.29 is 0 Å². The zero-order chi connectivity index (χ0) is 11.0. The van der Waals surface area contributed by atoms with Crippen LogP contribution in [0.4, 0.5) is 5.69 Å². The molecule has 0 atom stereocenters. The molecule has 0 amide bonds. The fourth-order valence-electron chi connectivity index (χ4n) is 2.69. The first kappa shape index (κ1) is 10.0. The summed E-state index contributed by atoms with van der Waals surface area (Å²) in [5.41, 5.74) is 3.83. The van der Waals surface area contributed by atoms with Crippen LogP contribution < -0.4 is 0 Å². The van der Waals surface area contributed by atoms with Gasteiger partial charge in [0.15, 0.2) is 0 Å². The number of fused-ring (bicyclic) bond motifs is 3. The van der Waals surface area contributed by atoms with Crippen molar-refractivity contribution in [1.82, 2.24) is 4.90 Å². The highest BCUT2D eigenvalue weighted by Gasteiger charge is 2.30. The minimum atomic E-state index is 0.756. The van der Waals surface area contributed by atoms with Gasteiger partial charge in [-0.2, -0.15) is 0 Å². The van der Waals surface area contributed by atoms with Gasteiger partial charge >= 0.3 is 0 Å². The standard InChI is InChI=1S/C14H18N2/c1-11-2-4-13(5-3-11)15-14-10-16-8-6-12(14)7-9-16/h2-5,12H,6-10H2,1H3. The first-order valence-electron chi connectivity index (χ1n) is 6.18. The van der Waals surface area contributed by atoms with Crippen LogP contribution in [0.15, 0.2) is 29.3 Å². The van der Waals surface area contributed by atoms with Crippen LogP contribution in [-0.2, 0) is 0 Å². The van der Waals surface area contributed by atoms with Crippen molar-refractivity contribution >= 4 is 11.4 Å². The van der Waals surface area contributed by atoms with Crippen LogP contribution in [0.5, 0.6) is 0 Å². The Balaban J connectivity index is 1.84. The molecule has 0 spiro atoms. The summed E-state index contributed by atoms with van der Waals surface area (Å²) in [6.45, 7) is 5.76. The number of aryl methyl sites for hydroxylation is 1. The van der Waals surface area contributed by atoms with Crippen LogP contribution in [0.1, 0.15) is 18.4 Å². The summed E-state index contributed by atoms with van der Waals surface area (Å²) < 4.78 is 0.